The van der Waals surface area contributed by atoms with Gasteiger partial charge in [0.25, 0.3) is 0 Å². The van der Waals surface area contributed by atoms with E-state index in [0.717, 1.165) is 40.7 Å². The normalized spacial score (nSPS) is 11.0. The molecule has 0 amide bonds. The topological polar surface area (TPSA) is 92.0 Å². The molecule has 0 saturated heterocycles. The van der Waals surface area contributed by atoms with E-state index >= 15 is 0 Å². The summed E-state index contributed by atoms with van der Waals surface area (Å²) in [5.74, 6) is 1.59. The van der Waals surface area contributed by atoms with Crippen molar-refractivity contribution in [3.8, 4) is 11.5 Å². The molecule has 0 aliphatic carbocycles. The van der Waals surface area contributed by atoms with Gasteiger partial charge in [-0.2, -0.15) is 0 Å². The van der Waals surface area contributed by atoms with Gasteiger partial charge in [0.15, 0.2) is 0 Å². The zero-order valence-electron chi connectivity index (χ0n) is 19.6. The number of benzene rings is 4. The highest BCUT2D eigenvalue weighted by atomic mass is 16.5. The number of nitrogens with zero attached hydrogens (tertiary/aromatic N) is 4. The molecule has 0 aliphatic heterocycles. The lowest BCUT2D eigenvalue weighted by Crippen LogP contribution is -1.88. The molecule has 0 spiro atoms. The van der Waals surface area contributed by atoms with Crippen molar-refractivity contribution >= 4 is 22.7 Å². The Morgan fingerprint density at radius 2 is 0.886 bits per heavy atom. The van der Waals surface area contributed by atoms with Gasteiger partial charge in [-0.05, 0) is 90.3 Å². The number of hydrogen-bond donors (Lipinski definition) is 2. The van der Waals surface area contributed by atoms with Crippen LogP contribution in [0.25, 0.3) is 0 Å². The van der Waals surface area contributed by atoms with Gasteiger partial charge in [0, 0.05) is 0 Å². The molecule has 4 aromatic carbocycles. The Morgan fingerprint density at radius 3 is 1.23 bits per heavy atom. The maximum absolute atomic E-state index is 5.14. The first-order chi connectivity index (χ1) is 17.2. The second-order valence-electron chi connectivity index (χ2n) is 7.59. The van der Waals surface area contributed by atoms with Crippen LogP contribution in [-0.2, 0) is 6.42 Å². The van der Waals surface area contributed by atoms with Gasteiger partial charge < -0.3 is 9.47 Å². The van der Waals surface area contributed by atoms with Crippen LogP contribution < -0.4 is 20.3 Å². The van der Waals surface area contributed by atoms with Crippen molar-refractivity contribution in [2.75, 3.05) is 25.1 Å². The zero-order chi connectivity index (χ0) is 24.3. The van der Waals surface area contributed by atoms with Gasteiger partial charge in [-0.15, -0.1) is 10.2 Å². The Hall–Kier alpha value is -4.72. The molecule has 0 atom stereocenters. The summed E-state index contributed by atoms with van der Waals surface area (Å²) in [6, 6.07) is 31.0. The Bertz CT molecular complexity index is 1150. The first kappa shape index (κ1) is 23.4. The fourth-order valence-corrected chi connectivity index (χ4v) is 3.21. The molecule has 0 unspecified atom stereocenters. The highest BCUT2D eigenvalue weighted by Gasteiger charge is 1.99. The Labute approximate surface area is 204 Å². The van der Waals surface area contributed by atoms with E-state index in [4.69, 9.17) is 9.47 Å². The fraction of sp³-hybridized carbons (Fsp3) is 0.111. The van der Waals surface area contributed by atoms with Crippen molar-refractivity contribution < 1.29 is 9.47 Å². The monoisotopic (exact) mass is 466 g/mol. The fourth-order valence-electron chi connectivity index (χ4n) is 3.21. The molecule has 0 saturated carbocycles. The highest BCUT2D eigenvalue weighted by molar-refractivity contribution is 5.47. The van der Waals surface area contributed by atoms with Crippen LogP contribution in [0, 0.1) is 0 Å². The maximum atomic E-state index is 5.14. The average Bonchev–Trinajstić information content (AvgIpc) is 2.91. The smallest absolute Gasteiger partial charge is 0.119 e. The van der Waals surface area contributed by atoms with Crippen LogP contribution >= 0.6 is 0 Å². The molecule has 2 N–H and O–H groups in total. The third-order valence-corrected chi connectivity index (χ3v) is 5.15. The van der Waals surface area contributed by atoms with Gasteiger partial charge in [0.2, 0.25) is 0 Å². The van der Waals surface area contributed by atoms with Crippen molar-refractivity contribution in [1.82, 2.24) is 0 Å². The third kappa shape index (κ3) is 7.13. The van der Waals surface area contributed by atoms with Crippen molar-refractivity contribution in [1.29, 1.82) is 0 Å². The first-order valence-electron chi connectivity index (χ1n) is 11.0. The summed E-state index contributed by atoms with van der Waals surface area (Å²) in [7, 11) is 3.27. The SMILES string of the molecule is COc1ccc(NN=Nc2ccc(Cc3ccc(N=NNc4ccc(OC)cc4)cc3)cc2)cc1. The Kier molecular flexibility index (Phi) is 8.00. The molecule has 4 rings (SSSR count). The summed E-state index contributed by atoms with van der Waals surface area (Å²) in [5, 5.41) is 16.5. The number of ether oxygens (including phenoxy) is 2. The van der Waals surface area contributed by atoms with Gasteiger partial charge in [-0.25, -0.2) is 0 Å². The number of nitrogens with one attached hydrogen (secondary N) is 2. The lowest BCUT2D eigenvalue weighted by Gasteiger charge is -2.04. The van der Waals surface area contributed by atoms with Crippen LogP contribution in [0.15, 0.2) is 118 Å². The van der Waals surface area contributed by atoms with E-state index in [0.29, 0.717) is 0 Å². The molecule has 8 heteroatoms. The molecule has 0 bridgehead atoms. The summed E-state index contributed by atoms with van der Waals surface area (Å²) < 4.78 is 10.3. The summed E-state index contributed by atoms with van der Waals surface area (Å²) in [4.78, 5) is 0. The average molecular weight is 467 g/mol. The van der Waals surface area contributed by atoms with Gasteiger partial charge in [-0.3, -0.25) is 10.9 Å². The van der Waals surface area contributed by atoms with E-state index in [1.165, 1.54) is 11.1 Å². The number of methoxy groups -OCH3 is 2. The number of rotatable bonds is 10. The summed E-state index contributed by atoms with van der Waals surface area (Å²) in [6.07, 6.45) is 0.809. The second-order valence-corrected chi connectivity index (χ2v) is 7.59. The minimum Gasteiger partial charge on any atom is -0.497 e. The van der Waals surface area contributed by atoms with Crippen LogP contribution in [-0.4, -0.2) is 14.2 Å². The van der Waals surface area contributed by atoms with Gasteiger partial charge in [0.1, 0.15) is 11.5 Å². The third-order valence-electron chi connectivity index (χ3n) is 5.15. The van der Waals surface area contributed by atoms with E-state index in [9.17, 15) is 0 Å². The predicted molar refractivity (Wildman–Crippen MR) is 138 cm³/mol. The highest BCUT2D eigenvalue weighted by Crippen LogP contribution is 2.20. The lowest BCUT2D eigenvalue weighted by atomic mass is 10.0. The summed E-state index contributed by atoms with van der Waals surface area (Å²) >= 11 is 0. The van der Waals surface area contributed by atoms with Gasteiger partial charge in [0.05, 0.1) is 37.0 Å². The predicted octanol–water partition coefficient (Wildman–Crippen LogP) is 7.52. The second kappa shape index (κ2) is 11.9. The molecule has 0 aromatic heterocycles. The Balaban J connectivity index is 1.26. The molecule has 0 fully saturated rings. The lowest BCUT2D eigenvalue weighted by molar-refractivity contribution is 0.415. The quantitative estimate of drug-likeness (QED) is 0.187. The van der Waals surface area contributed by atoms with Crippen LogP contribution in [0.2, 0.25) is 0 Å². The molecule has 0 aliphatic rings. The minimum atomic E-state index is 0.773. The number of anilines is 2. The Morgan fingerprint density at radius 1 is 0.514 bits per heavy atom. The molecule has 176 valence electrons. The van der Waals surface area contributed by atoms with E-state index in [2.05, 4.69) is 31.5 Å². The van der Waals surface area contributed by atoms with E-state index in [1.807, 2.05) is 97.1 Å². The van der Waals surface area contributed by atoms with Crippen LogP contribution in [0.5, 0.6) is 11.5 Å². The van der Waals surface area contributed by atoms with E-state index < -0.39 is 0 Å². The van der Waals surface area contributed by atoms with Crippen LogP contribution in [0.1, 0.15) is 11.1 Å². The maximum Gasteiger partial charge on any atom is 0.119 e. The summed E-state index contributed by atoms with van der Waals surface area (Å²) in [6.45, 7) is 0. The standard InChI is InChI=1S/C27H26N6O2/c1-34-26-15-11-24(12-16-26)30-32-28-22-7-3-20(4-8-22)19-21-5-9-23(10-6-21)29-33-31-25-13-17-27(35-2)18-14-25/h3-18H,19H2,1-2H3,(H,28,30)(H,29,31). The minimum absolute atomic E-state index is 0.773. The molecule has 35 heavy (non-hydrogen) atoms. The van der Waals surface area contributed by atoms with Crippen LogP contribution in [0.3, 0.4) is 0 Å². The van der Waals surface area contributed by atoms with Crippen LogP contribution in [0.4, 0.5) is 22.7 Å². The van der Waals surface area contributed by atoms with Crippen molar-refractivity contribution in [2.24, 2.45) is 20.7 Å². The van der Waals surface area contributed by atoms with Gasteiger partial charge in [-0.1, -0.05) is 34.7 Å². The molecule has 0 radical (unpaired) electrons. The van der Waals surface area contributed by atoms with E-state index in [1.54, 1.807) is 14.2 Å². The molecule has 4 aromatic rings. The molecule has 0 heterocycles. The zero-order valence-corrected chi connectivity index (χ0v) is 19.6. The van der Waals surface area contributed by atoms with Gasteiger partial charge >= 0.3 is 0 Å². The van der Waals surface area contributed by atoms with E-state index in [-0.39, 0.29) is 0 Å². The van der Waals surface area contributed by atoms with Crippen molar-refractivity contribution in [2.45, 2.75) is 6.42 Å². The summed E-state index contributed by atoms with van der Waals surface area (Å²) in [5.41, 5.74) is 11.4. The molecular formula is C27H26N6O2. The first-order valence-corrected chi connectivity index (χ1v) is 11.0. The number of hydrogen-bond acceptors (Lipinski definition) is 6. The largest absolute Gasteiger partial charge is 0.497 e. The van der Waals surface area contributed by atoms with Crippen molar-refractivity contribution in [3.63, 3.8) is 0 Å². The molecular weight excluding hydrogens is 440 g/mol. The van der Waals surface area contributed by atoms with Crippen molar-refractivity contribution in [3.05, 3.63) is 108 Å². The molecule has 8 nitrogen and oxygen atoms in total.